The first-order chi connectivity index (χ1) is 44.9. The summed E-state index contributed by atoms with van der Waals surface area (Å²) in [4.78, 5) is 120. The minimum absolute atomic E-state index is 0. The molecule has 24 nitrogen and oxygen atoms in total. The van der Waals surface area contributed by atoms with Crippen molar-refractivity contribution in [2.45, 2.75) is 0 Å². The number of carbonyl (C=O) groups is 4. The van der Waals surface area contributed by atoms with Crippen LogP contribution in [0.3, 0.4) is 0 Å². The van der Waals surface area contributed by atoms with E-state index in [1.165, 1.54) is 12.1 Å². The van der Waals surface area contributed by atoms with Crippen molar-refractivity contribution in [1.29, 1.82) is 0 Å². The Morgan fingerprint density at radius 1 is 0.237 bits per heavy atom. The number of carboxylic acids is 4. The second-order valence-electron chi connectivity index (χ2n) is 21.5. The molecule has 10 heterocycles. The topological polar surface area (TPSA) is 378 Å². The molecule has 4 aliphatic heterocycles. The van der Waals surface area contributed by atoms with Gasteiger partial charge in [0.1, 0.15) is 45.2 Å². The van der Waals surface area contributed by atoms with Crippen molar-refractivity contribution >= 4 is 112 Å². The van der Waals surface area contributed by atoms with Crippen LogP contribution in [0.1, 0.15) is 41.4 Å². The van der Waals surface area contributed by atoms with Crippen molar-refractivity contribution in [3.05, 3.63) is 192 Å². The first-order valence-electron chi connectivity index (χ1n) is 28.3. The number of nitrogens with one attached hydrogen (secondary N) is 4. The normalized spacial score (nSPS) is 11.7. The van der Waals surface area contributed by atoms with Gasteiger partial charge in [-0.15, -0.1) is 0 Å². The van der Waals surface area contributed by atoms with E-state index in [1.54, 1.807) is 0 Å². The molecule has 14 aromatic rings. The molecule has 93 heavy (non-hydrogen) atoms. The fourth-order valence-electron chi connectivity index (χ4n) is 12.2. The first kappa shape index (κ1) is 56.0. The number of carboxylic acid groups (broad SMARTS) is 4. The number of rotatable bonds is 4. The maximum Gasteiger partial charge on any atom is 4.00 e. The number of fused-ring (bicyclic) bond motifs is 40. The maximum absolute atomic E-state index is 12.5. The molecule has 436 valence electrons. The van der Waals surface area contributed by atoms with Crippen molar-refractivity contribution in [1.82, 2.24) is 79.7 Å². The van der Waals surface area contributed by atoms with Crippen LogP contribution in [-0.4, -0.2) is 104 Å². The van der Waals surface area contributed by atoms with E-state index in [-0.39, 0.29) is 95.7 Å². The molecule has 8 aromatic carbocycles. The van der Waals surface area contributed by atoms with Crippen molar-refractivity contribution in [3.8, 4) is 91.1 Å². The summed E-state index contributed by atoms with van der Waals surface area (Å²) in [5.41, 5.74) is 5.91. The molecule has 4 N–H and O–H groups in total. The Hall–Kier alpha value is -12.3. The molecule has 4 aliphatic rings. The Bertz CT molecular complexity index is 5720. The number of aromatic nitrogens is 16. The number of hydrogen-bond acceptors (Lipinski definition) is 20. The summed E-state index contributed by atoms with van der Waals surface area (Å²) < 4.78 is 0. The first-order valence-corrected chi connectivity index (χ1v) is 28.3. The van der Waals surface area contributed by atoms with Crippen LogP contribution in [0.15, 0.2) is 170 Å². The van der Waals surface area contributed by atoms with Gasteiger partial charge in [0.05, 0.1) is 23.9 Å². The number of aromatic carboxylic acids is 4. The Balaban J connectivity index is 0.000000146. The predicted octanol–water partition coefficient (Wildman–Crippen LogP) is 7.19. The van der Waals surface area contributed by atoms with Gasteiger partial charge in [0, 0.05) is 110 Å². The minimum atomic E-state index is -1.71. The Morgan fingerprint density at radius 3 is 0.667 bits per heavy atom. The van der Waals surface area contributed by atoms with Crippen LogP contribution in [-0.2, 0) is 0 Å². The van der Waals surface area contributed by atoms with Gasteiger partial charge in [-0.25, -0.2) is 59.8 Å². The average molecular weight is 1430 g/mol. The van der Waals surface area contributed by atoms with Gasteiger partial charge in [-0.05, 0) is 12.1 Å². The van der Waals surface area contributed by atoms with E-state index in [0.717, 1.165) is 44.8 Å². The van der Waals surface area contributed by atoms with Crippen LogP contribution in [0.4, 0.5) is 0 Å². The van der Waals surface area contributed by atoms with E-state index in [2.05, 4.69) is 19.9 Å². The predicted molar refractivity (Wildman–Crippen MR) is 329 cm³/mol. The van der Waals surface area contributed by atoms with Gasteiger partial charge >= 0.3 is 39.9 Å². The van der Waals surface area contributed by atoms with Crippen LogP contribution in [0.25, 0.3) is 179 Å². The van der Waals surface area contributed by atoms with E-state index in [9.17, 15) is 39.6 Å². The van der Waals surface area contributed by atoms with E-state index >= 15 is 0 Å². The molecule has 0 atom stereocenters. The van der Waals surface area contributed by atoms with Crippen LogP contribution in [0.2, 0.25) is 0 Å². The van der Waals surface area contributed by atoms with E-state index in [4.69, 9.17) is 59.8 Å². The van der Waals surface area contributed by atoms with Crippen LogP contribution in [0.5, 0.6) is 0 Å². The number of H-pyrrole nitrogens is 4. The van der Waals surface area contributed by atoms with Gasteiger partial charge in [0.15, 0.2) is 46.6 Å². The molecule has 0 unspecified atom stereocenters. The third-order valence-corrected chi connectivity index (χ3v) is 16.3. The van der Waals surface area contributed by atoms with Gasteiger partial charge < -0.3 is 59.5 Å². The second-order valence-corrected chi connectivity index (χ2v) is 21.5. The molecular weight excluding hydrogens is 1400 g/mol. The zero-order valence-electron chi connectivity index (χ0n) is 47.3. The molecule has 6 aromatic heterocycles. The van der Waals surface area contributed by atoms with Gasteiger partial charge in [-0.3, -0.25) is 0 Å². The smallest absolute Gasteiger partial charge is 0.545 e. The zero-order chi connectivity index (χ0) is 62.2. The zero-order valence-corrected chi connectivity index (χ0v) is 51.4. The Labute approximate surface area is 550 Å². The van der Waals surface area contributed by atoms with E-state index in [0.29, 0.717) is 90.9 Å². The third-order valence-electron chi connectivity index (χ3n) is 16.3. The molecule has 0 saturated carbocycles. The monoisotopic (exact) mass is 1430 g/mol. The van der Waals surface area contributed by atoms with Crippen LogP contribution in [0, 0.1) is 39.9 Å². The molecule has 0 radical (unpaired) electrons. The van der Waals surface area contributed by atoms with Gasteiger partial charge in [-0.2, -0.15) is 0 Å². The summed E-state index contributed by atoms with van der Waals surface area (Å²) in [7, 11) is 0. The van der Waals surface area contributed by atoms with Crippen molar-refractivity contribution < 1.29 is 79.5 Å². The number of nitrogens with zero attached hydrogens (tertiary/aromatic N) is 12. The molecular formula is C68H32N16O8Th. The van der Waals surface area contributed by atoms with E-state index < -0.39 is 46.1 Å². The minimum Gasteiger partial charge on any atom is -0.545 e. The average Bonchev–Trinajstić information content (AvgIpc) is 1.64. The maximum atomic E-state index is 12.5. The quantitative estimate of drug-likeness (QED) is 0.135. The Kier molecular flexibility index (Phi) is 12.9. The second kappa shape index (κ2) is 21.4. The molecule has 25 heteroatoms. The molecule has 0 amide bonds. The molecule has 18 rings (SSSR count). The Morgan fingerprint density at radius 2 is 0.441 bits per heavy atom. The van der Waals surface area contributed by atoms with Crippen molar-refractivity contribution in [3.63, 3.8) is 0 Å². The number of carbonyl (C=O) groups excluding carboxylic acids is 4. The van der Waals surface area contributed by atoms with Crippen LogP contribution < -0.4 is 20.4 Å². The molecule has 0 spiro atoms. The number of hydrogen-bond donors (Lipinski definition) is 4. The number of benzene rings is 8. The fourth-order valence-corrected chi connectivity index (χ4v) is 12.2. The van der Waals surface area contributed by atoms with Crippen molar-refractivity contribution in [2.75, 3.05) is 0 Å². The summed E-state index contributed by atoms with van der Waals surface area (Å²) in [5, 5.41) is 52.8. The van der Waals surface area contributed by atoms with Gasteiger partial charge in [0.2, 0.25) is 0 Å². The SMILES string of the molecule is O=C([O-])c1ccc2c3nc4nc(nc5[nH]c(nc6nc(nc([nH]3)c2c1C(=O)[O-])-c1ccccc1-6)c1ccccc51)-c1ccccc1-4.O=C([O-])c1ccc2c3nc4nc(nc5[nH]c(nc6nc(nc([nH]3)c2c1C(=O)[O-])-c1ccccc1-6)c1ccccc51)-c1ccccc1-4.[Th+4]. The molecule has 0 saturated heterocycles. The molecule has 0 aliphatic carbocycles. The van der Waals surface area contributed by atoms with Crippen molar-refractivity contribution in [2.24, 2.45) is 0 Å². The summed E-state index contributed by atoms with van der Waals surface area (Å²) in [6.45, 7) is 0. The summed E-state index contributed by atoms with van der Waals surface area (Å²) in [6.07, 6.45) is 0. The summed E-state index contributed by atoms with van der Waals surface area (Å²) in [6, 6.07) is 50.4. The summed E-state index contributed by atoms with van der Waals surface area (Å²) >= 11 is 0. The van der Waals surface area contributed by atoms with E-state index in [1.807, 2.05) is 146 Å². The molecule has 0 fully saturated rings. The third kappa shape index (κ3) is 8.96. The fraction of sp³-hybridized carbons (Fsp3) is 0. The molecule has 16 bridgehead atoms. The van der Waals surface area contributed by atoms with Gasteiger partial charge in [-0.1, -0.05) is 158 Å². The van der Waals surface area contributed by atoms with Gasteiger partial charge in [0.25, 0.3) is 0 Å². The standard InChI is InChI=1S/2C34H18N8O4.Th/c2*43-33(44)22-14-13-21-23(24(22)34(45)46)32-41-30-20-12-6-5-11-19(20)28(39-30)37-26-16-8-2-1-7-15(16)25(35-26)36-27-17-9-3-4-10-18(17)29(38-27)40-31(21)42-32;/h2*1-14H,(H,43,44)(H,45,46)(H2,35,36,37,38,39,40,41,42);/q;;+4/p-4. The largest absolute Gasteiger partial charge is 4.00 e. The summed E-state index contributed by atoms with van der Waals surface area (Å²) in [5.74, 6) is -4.09. The van der Waals surface area contributed by atoms with Crippen LogP contribution >= 0.6 is 0 Å². The number of aromatic amines is 4.